The van der Waals surface area contributed by atoms with E-state index in [4.69, 9.17) is 5.11 Å². The van der Waals surface area contributed by atoms with E-state index in [-0.39, 0.29) is 22.3 Å². The Morgan fingerprint density at radius 3 is 1.50 bits per heavy atom. The summed E-state index contributed by atoms with van der Waals surface area (Å²) in [7, 11) is 0.611. The van der Waals surface area contributed by atoms with Crippen LogP contribution in [-0.4, -0.2) is 23.9 Å². The predicted molar refractivity (Wildman–Crippen MR) is 44.7 cm³/mol. The van der Waals surface area contributed by atoms with Gasteiger partial charge in [-0.3, -0.25) is 4.79 Å². The molecule has 0 spiro atoms. The fraction of sp³-hybridized carbons (Fsp3) is 0.667. The van der Waals surface area contributed by atoms with Crippen LogP contribution in [0.15, 0.2) is 0 Å². The summed E-state index contributed by atoms with van der Waals surface area (Å²) in [5.74, 6) is -1.19. The minimum atomic E-state index is -1.19. The van der Waals surface area contributed by atoms with Gasteiger partial charge in [0.15, 0.2) is 0 Å². The Labute approximate surface area is 63.7 Å². The molecule has 0 saturated carbocycles. The Balaban J connectivity index is -0.0000000600. The quantitative estimate of drug-likeness (QED) is 0.606. The van der Waals surface area contributed by atoms with Crippen molar-refractivity contribution in [2.24, 2.45) is 0 Å². The van der Waals surface area contributed by atoms with Crippen LogP contribution in [0.4, 0.5) is 4.79 Å². The number of carbonyl (C=O) groups is 2. The lowest BCUT2D eigenvalue weighted by Gasteiger charge is -1.77. The molecule has 0 atom stereocenters. The molecule has 61 valence electrons. The molecule has 0 saturated heterocycles. The van der Waals surface area contributed by atoms with Crippen LogP contribution in [0.1, 0.15) is 29.2 Å². The smallest absolute Gasteiger partial charge is 0.347 e. The van der Waals surface area contributed by atoms with E-state index in [2.05, 4.69) is 0 Å². The van der Waals surface area contributed by atoms with Crippen LogP contribution in [0.25, 0.3) is 0 Å². The second kappa shape index (κ2) is 11.1. The molecular weight excluding hydrogens is 131 g/mol. The number of rotatable bonds is 2. The maximum atomic E-state index is 9.82. The van der Waals surface area contributed by atoms with Gasteiger partial charge in [-0.25, -0.2) is 0 Å². The van der Waals surface area contributed by atoms with E-state index in [1.807, 2.05) is 0 Å². The average Bonchev–Trinajstić information content (AvgIpc) is 1.27. The highest BCUT2D eigenvalue weighted by atomic mass is 16.4. The maximum absolute atomic E-state index is 9.82. The van der Waals surface area contributed by atoms with Gasteiger partial charge in [-0.1, -0.05) is 22.3 Å². The summed E-state index contributed by atoms with van der Waals surface area (Å²) in [6.07, 6.45) is 0. The standard InChI is InChI=1S/C3H4BO3.3CH4/c1-2(5)4-3(6)7;;;/h1H3,(H,6,7);3*1H4. The Hall–Kier alpha value is -0.795. The van der Waals surface area contributed by atoms with Crippen LogP contribution in [0.3, 0.4) is 0 Å². The molecule has 0 amide bonds. The molecule has 3 nitrogen and oxygen atoms in total. The van der Waals surface area contributed by atoms with E-state index in [0.717, 1.165) is 0 Å². The van der Waals surface area contributed by atoms with Gasteiger partial charge < -0.3 is 9.90 Å². The zero-order valence-corrected chi connectivity index (χ0v) is 3.84. The molecule has 0 unspecified atom stereocenters. The summed E-state index contributed by atoms with van der Waals surface area (Å²) in [5.41, 5.74) is -0.437. The third-order valence-electron chi connectivity index (χ3n) is 0.327. The van der Waals surface area contributed by atoms with E-state index in [0.29, 0.717) is 7.28 Å². The van der Waals surface area contributed by atoms with Crippen molar-refractivity contribution in [1.29, 1.82) is 0 Å². The molecule has 0 heterocycles. The number of carbonyl (C=O) groups excluding carboxylic acids is 1. The zero-order chi connectivity index (χ0) is 5.86. The lowest BCUT2D eigenvalue weighted by molar-refractivity contribution is -0.110. The third-order valence-corrected chi connectivity index (χ3v) is 0.327. The van der Waals surface area contributed by atoms with Crippen LogP contribution in [-0.2, 0) is 4.79 Å². The number of hydrogen-bond donors (Lipinski definition) is 1. The third kappa shape index (κ3) is 27.0. The SMILES string of the molecule is C.C.C.CC(=O)[B]C(=O)O. The highest BCUT2D eigenvalue weighted by Crippen LogP contribution is 1.65. The first-order valence-corrected chi connectivity index (χ1v) is 1.71. The number of hydrogen-bond acceptors (Lipinski definition) is 2. The lowest BCUT2D eigenvalue weighted by Crippen LogP contribution is -2.13. The van der Waals surface area contributed by atoms with E-state index in [9.17, 15) is 9.59 Å². The lowest BCUT2D eigenvalue weighted by atomic mass is 9.75. The Bertz CT molecular complexity index is 89.2. The predicted octanol–water partition coefficient (Wildman–Crippen LogP) is 1.82. The van der Waals surface area contributed by atoms with E-state index < -0.39 is 11.6 Å². The van der Waals surface area contributed by atoms with Gasteiger partial charge in [-0.15, -0.1) is 0 Å². The second-order valence-corrected chi connectivity index (χ2v) is 1.09. The molecule has 0 aliphatic rings. The van der Waals surface area contributed by atoms with Gasteiger partial charge in [0.1, 0.15) is 0 Å². The monoisotopic (exact) mass is 147 g/mol. The zero-order valence-electron chi connectivity index (χ0n) is 3.84. The van der Waals surface area contributed by atoms with Crippen molar-refractivity contribution in [3.63, 3.8) is 0 Å². The summed E-state index contributed by atoms with van der Waals surface area (Å²) in [5, 5.41) is 7.81. The normalized spacial score (nSPS) is 5.30. The summed E-state index contributed by atoms with van der Waals surface area (Å²) in [6.45, 7) is 1.19. The van der Waals surface area contributed by atoms with Gasteiger partial charge in [0.25, 0.3) is 5.87 Å². The van der Waals surface area contributed by atoms with Gasteiger partial charge in [-0.05, 0) is 6.92 Å². The van der Waals surface area contributed by atoms with Gasteiger partial charge in [-0.2, -0.15) is 0 Å². The minimum Gasteiger partial charge on any atom is -0.489 e. The molecule has 0 fully saturated rings. The van der Waals surface area contributed by atoms with Crippen molar-refractivity contribution < 1.29 is 14.7 Å². The molecule has 4 heteroatoms. The van der Waals surface area contributed by atoms with Crippen LogP contribution in [0, 0.1) is 0 Å². The molecule has 0 bridgehead atoms. The molecule has 0 aliphatic heterocycles. The second-order valence-electron chi connectivity index (χ2n) is 1.09. The molecule has 1 N–H and O–H groups in total. The van der Waals surface area contributed by atoms with E-state index in [1.54, 1.807) is 0 Å². The van der Waals surface area contributed by atoms with E-state index in [1.165, 1.54) is 6.92 Å². The molecular formula is C6H16BO3. The summed E-state index contributed by atoms with van der Waals surface area (Å²) in [4.78, 5) is 19.4. The van der Waals surface area contributed by atoms with Crippen LogP contribution < -0.4 is 0 Å². The van der Waals surface area contributed by atoms with Gasteiger partial charge in [0, 0.05) is 0 Å². The highest BCUT2D eigenvalue weighted by Gasteiger charge is 2.03. The molecule has 1 radical (unpaired) electrons. The van der Waals surface area contributed by atoms with Crippen molar-refractivity contribution in [3.8, 4) is 0 Å². The first-order valence-electron chi connectivity index (χ1n) is 1.71. The molecule has 10 heavy (non-hydrogen) atoms. The van der Waals surface area contributed by atoms with Crippen molar-refractivity contribution in [3.05, 3.63) is 0 Å². The Morgan fingerprint density at radius 1 is 1.20 bits per heavy atom. The van der Waals surface area contributed by atoms with E-state index >= 15 is 0 Å². The van der Waals surface area contributed by atoms with Gasteiger partial charge >= 0.3 is 7.28 Å². The highest BCUT2D eigenvalue weighted by molar-refractivity contribution is 6.95. The summed E-state index contributed by atoms with van der Waals surface area (Å²) < 4.78 is 0. The topological polar surface area (TPSA) is 54.4 Å². The van der Waals surface area contributed by atoms with Crippen molar-refractivity contribution in [1.82, 2.24) is 0 Å². The number of carboxylic acid groups (broad SMARTS) is 1. The largest absolute Gasteiger partial charge is 0.489 e. The molecule has 0 aromatic carbocycles. The van der Waals surface area contributed by atoms with Crippen LogP contribution in [0.2, 0.25) is 0 Å². The van der Waals surface area contributed by atoms with Crippen LogP contribution >= 0.6 is 0 Å². The minimum absolute atomic E-state index is 0. The summed E-state index contributed by atoms with van der Waals surface area (Å²) >= 11 is 0. The van der Waals surface area contributed by atoms with Crippen LogP contribution in [0.5, 0.6) is 0 Å². The van der Waals surface area contributed by atoms with Gasteiger partial charge in [0.05, 0.1) is 5.68 Å². The fourth-order valence-corrected chi connectivity index (χ4v) is 0.174. The molecule has 0 aromatic rings. The summed E-state index contributed by atoms with van der Waals surface area (Å²) in [6, 6.07) is 0. The molecule has 0 rings (SSSR count). The average molecular weight is 147 g/mol. The van der Waals surface area contributed by atoms with Crippen molar-refractivity contribution in [2.75, 3.05) is 0 Å². The molecule has 0 aliphatic carbocycles. The maximum Gasteiger partial charge on any atom is 0.347 e. The Morgan fingerprint density at radius 2 is 1.50 bits per heavy atom. The van der Waals surface area contributed by atoms with Crippen molar-refractivity contribution in [2.45, 2.75) is 29.2 Å². The van der Waals surface area contributed by atoms with Crippen molar-refractivity contribution >= 4 is 18.8 Å². The molecule has 0 aromatic heterocycles. The first kappa shape index (κ1) is 22.9. The fourth-order valence-electron chi connectivity index (χ4n) is 0.174. The van der Waals surface area contributed by atoms with Gasteiger partial charge in [0.2, 0.25) is 0 Å². The Kier molecular flexibility index (Phi) is 25.3. The first-order chi connectivity index (χ1) is 3.13.